The lowest BCUT2D eigenvalue weighted by Gasteiger charge is -2.29. The first kappa shape index (κ1) is 27.8. The third-order valence-corrected chi connectivity index (χ3v) is 6.58. The number of anilines is 1. The lowest BCUT2D eigenvalue weighted by molar-refractivity contribution is -0.122. The van der Waals surface area contributed by atoms with Crippen molar-refractivity contribution in [2.75, 3.05) is 11.5 Å². The van der Waals surface area contributed by atoms with Crippen molar-refractivity contribution in [1.29, 1.82) is 0 Å². The molecule has 1 aliphatic heterocycles. The second-order valence-corrected chi connectivity index (χ2v) is 9.58. The van der Waals surface area contributed by atoms with Gasteiger partial charge in [-0.3, -0.25) is 19.8 Å². The summed E-state index contributed by atoms with van der Waals surface area (Å²) >= 11 is 5.35. The van der Waals surface area contributed by atoms with Gasteiger partial charge in [-0.15, -0.1) is 6.58 Å². The molecule has 4 rings (SSSR count). The van der Waals surface area contributed by atoms with Crippen LogP contribution in [0.4, 0.5) is 5.69 Å². The number of carbonyl (C=O) groups is 2. The monoisotopic (exact) mass is 540 g/mol. The van der Waals surface area contributed by atoms with Crippen LogP contribution in [0.3, 0.4) is 0 Å². The standard InChI is InChI=1S/C32H32N2O4S/c1-5-9-25-17-24(19-28(37-7-3)29(25)38-20-23-11-8-10-21(4)16-23)18-27-30(35)33-32(39)34(31(27)36)26-14-12-22(6-2)13-15-26/h5,8,10-19H,1,6-7,9,20H2,2-4H3,(H,33,35,39)/b27-18+. The van der Waals surface area contributed by atoms with Crippen LogP contribution in [-0.4, -0.2) is 23.5 Å². The van der Waals surface area contributed by atoms with Crippen LogP contribution in [0.25, 0.3) is 6.08 Å². The summed E-state index contributed by atoms with van der Waals surface area (Å²) in [6, 6.07) is 19.3. The van der Waals surface area contributed by atoms with Crippen molar-refractivity contribution in [2.45, 2.75) is 40.2 Å². The Morgan fingerprint density at radius 1 is 1.00 bits per heavy atom. The van der Waals surface area contributed by atoms with E-state index in [0.29, 0.717) is 42.4 Å². The lowest BCUT2D eigenvalue weighted by Crippen LogP contribution is -2.54. The van der Waals surface area contributed by atoms with Crippen LogP contribution in [0.1, 0.15) is 41.7 Å². The molecular weight excluding hydrogens is 508 g/mol. The molecule has 3 aromatic carbocycles. The van der Waals surface area contributed by atoms with Gasteiger partial charge in [0.25, 0.3) is 11.8 Å². The van der Waals surface area contributed by atoms with E-state index >= 15 is 0 Å². The minimum absolute atomic E-state index is 0.0244. The normalized spacial score (nSPS) is 14.4. The van der Waals surface area contributed by atoms with E-state index < -0.39 is 11.8 Å². The Balaban J connectivity index is 1.71. The third kappa shape index (κ3) is 6.44. The largest absolute Gasteiger partial charge is 0.490 e. The Labute approximate surface area is 234 Å². The van der Waals surface area contributed by atoms with E-state index in [1.54, 1.807) is 18.2 Å². The van der Waals surface area contributed by atoms with E-state index in [-0.39, 0.29) is 10.7 Å². The summed E-state index contributed by atoms with van der Waals surface area (Å²) in [5, 5.41) is 2.70. The number of nitrogens with one attached hydrogen (secondary N) is 1. The number of amides is 2. The van der Waals surface area contributed by atoms with Gasteiger partial charge >= 0.3 is 0 Å². The first-order valence-corrected chi connectivity index (χ1v) is 13.3. The minimum atomic E-state index is -0.547. The van der Waals surface area contributed by atoms with Crippen molar-refractivity contribution in [2.24, 2.45) is 0 Å². The summed E-state index contributed by atoms with van der Waals surface area (Å²) in [5.41, 5.74) is 5.36. The second kappa shape index (κ2) is 12.5. The lowest BCUT2D eigenvalue weighted by atomic mass is 10.0. The summed E-state index contributed by atoms with van der Waals surface area (Å²) in [4.78, 5) is 27.7. The summed E-state index contributed by atoms with van der Waals surface area (Å²) in [6.45, 7) is 10.7. The van der Waals surface area contributed by atoms with Crippen molar-refractivity contribution >= 4 is 40.9 Å². The molecular formula is C32H32N2O4S. The first-order valence-electron chi connectivity index (χ1n) is 12.9. The van der Waals surface area contributed by atoms with E-state index in [9.17, 15) is 9.59 Å². The van der Waals surface area contributed by atoms with Gasteiger partial charge in [0, 0.05) is 5.56 Å². The molecule has 3 aromatic rings. The van der Waals surface area contributed by atoms with Gasteiger partial charge < -0.3 is 9.47 Å². The summed E-state index contributed by atoms with van der Waals surface area (Å²) in [6.07, 6.45) is 4.73. The molecule has 1 heterocycles. The van der Waals surface area contributed by atoms with Crippen LogP contribution < -0.4 is 19.7 Å². The number of rotatable bonds is 10. The molecule has 6 nitrogen and oxygen atoms in total. The molecule has 2 amide bonds. The number of nitrogens with zero attached hydrogens (tertiary/aromatic N) is 1. The van der Waals surface area contributed by atoms with Gasteiger partial charge in [0.1, 0.15) is 12.2 Å². The third-order valence-electron chi connectivity index (χ3n) is 6.30. The van der Waals surface area contributed by atoms with Gasteiger partial charge in [0.05, 0.1) is 12.3 Å². The van der Waals surface area contributed by atoms with Crippen LogP contribution >= 0.6 is 12.2 Å². The van der Waals surface area contributed by atoms with Crippen molar-refractivity contribution < 1.29 is 19.1 Å². The molecule has 39 heavy (non-hydrogen) atoms. The maximum absolute atomic E-state index is 13.5. The number of aryl methyl sites for hydroxylation is 2. The molecule has 0 atom stereocenters. The fourth-order valence-corrected chi connectivity index (χ4v) is 4.68. The van der Waals surface area contributed by atoms with E-state index in [1.807, 2.05) is 62.4 Å². The Bertz CT molecular complexity index is 1440. The van der Waals surface area contributed by atoms with Crippen molar-refractivity contribution in [3.63, 3.8) is 0 Å². The minimum Gasteiger partial charge on any atom is -0.490 e. The van der Waals surface area contributed by atoms with Gasteiger partial charge in [0.2, 0.25) is 0 Å². The van der Waals surface area contributed by atoms with E-state index in [2.05, 4.69) is 24.9 Å². The zero-order valence-corrected chi connectivity index (χ0v) is 23.3. The van der Waals surface area contributed by atoms with Crippen molar-refractivity contribution in [3.05, 3.63) is 107 Å². The highest BCUT2D eigenvalue weighted by molar-refractivity contribution is 7.80. The molecule has 0 saturated carbocycles. The Hall–Kier alpha value is -4.23. The molecule has 1 aliphatic rings. The van der Waals surface area contributed by atoms with E-state index in [1.165, 1.54) is 4.90 Å². The molecule has 1 fully saturated rings. The number of hydrogen-bond acceptors (Lipinski definition) is 5. The number of allylic oxidation sites excluding steroid dienone is 1. The quantitative estimate of drug-likeness (QED) is 0.146. The van der Waals surface area contributed by atoms with Gasteiger partial charge in [-0.1, -0.05) is 55.0 Å². The molecule has 0 bridgehead atoms. The fourth-order valence-electron chi connectivity index (χ4n) is 4.40. The maximum atomic E-state index is 13.5. The first-order chi connectivity index (χ1) is 18.8. The van der Waals surface area contributed by atoms with Crippen LogP contribution in [0.15, 0.2) is 78.9 Å². The number of carbonyl (C=O) groups excluding carboxylic acids is 2. The highest BCUT2D eigenvalue weighted by Crippen LogP contribution is 2.36. The number of thiocarbonyl (C=S) groups is 1. The Morgan fingerprint density at radius 3 is 2.44 bits per heavy atom. The predicted octanol–water partition coefficient (Wildman–Crippen LogP) is 6.09. The fraction of sp³-hybridized carbons (Fsp3) is 0.219. The molecule has 1 saturated heterocycles. The average Bonchev–Trinajstić information content (AvgIpc) is 2.91. The maximum Gasteiger partial charge on any atom is 0.270 e. The summed E-state index contributed by atoms with van der Waals surface area (Å²) < 4.78 is 12.2. The number of hydrogen-bond donors (Lipinski definition) is 1. The van der Waals surface area contributed by atoms with Crippen molar-refractivity contribution in [3.8, 4) is 11.5 Å². The van der Waals surface area contributed by atoms with Gasteiger partial charge in [-0.05, 0) is 85.9 Å². The second-order valence-electron chi connectivity index (χ2n) is 9.19. The average molecular weight is 541 g/mol. The molecule has 0 aromatic heterocycles. The zero-order valence-electron chi connectivity index (χ0n) is 22.5. The van der Waals surface area contributed by atoms with Gasteiger partial charge in [-0.2, -0.15) is 0 Å². The summed E-state index contributed by atoms with van der Waals surface area (Å²) in [7, 11) is 0. The van der Waals surface area contributed by atoms with Crippen LogP contribution in [0.2, 0.25) is 0 Å². The zero-order chi connectivity index (χ0) is 27.9. The van der Waals surface area contributed by atoms with E-state index in [0.717, 1.165) is 28.7 Å². The molecule has 0 spiro atoms. The number of benzene rings is 3. The highest BCUT2D eigenvalue weighted by Gasteiger charge is 2.34. The SMILES string of the molecule is C=CCc1cc(/C=C2\C(=O)NC(=S)N(c3ccc(CC)cc3)C2=O)cc(OCC)c1OCc1cccc(C)c1. The topological polar surface area (TPSA) is 67.9 Å². The van der Waals surface area contributed by atoms with Crippen LogP contribution in [-0.2, 0) is 29.0 Å². The van der Waals surface area contributed by atoms with E-state index in [4.69, 9.17) is 21.7 Å². The Kier molecular flexibility index (Phi) is 8.94. The number of ether oxygens (including phenoxy) is 2. The molecule has 7 heteroatoms. The van der Waals surface area contributed by atoms with Gasteiger partial charge in [-0.25, -0.2) is 0 Å². The smallest absolute Gasteiger partial charge is 0.270 e. The molecule has 0 unspecified atom stereocenters. The highest BCUT2D eigenvalue weighted by atomic mass is 32.1. The molecule has 0 radical (unpaired) electrons. The van der Waals surface area contributed by atoms with Gasteiger partial charge in [0.15, 0.2) is 16.6 Å². The molecule has 0 aliphatic carbocycles. The van der Waals surface area contributed by atoms with Crippen LogP contribution in [0.5, 0.6) is 11.5 Å². The molecule has 200 valence electrons. The summed E-state index contributed by atoms with van der Waals surface area (Å²) in [5.74, 6) is 0.103. The van der Waals surface area contributed by atoms with Crippen molar-refractivity contribution in [1.82, 2.24) is 5.32 Å². The predicted molar refractivity (Wildman–Crippen MR) is 159 cm³/mol. The Morgan fingerprint density at radius 2 is 1.77 bits per heavy atom. The molecule has 1 N–H and O–H groups in total. The van der Waals surface area contributed by atoms with Crippen LogP contribution in [0, 0.1) is 6.92 Å².